The summed E-state index contributed by atoms with van der Waals surface area (Å²) in [4.78, 5) is 12.6. The molecule has 1 fully saturated rings. The fourth-order valence-electron chi connectivity index (χ4n) is 3.36. The Hall–Kier alpha value is -2.10. The Bertz CT molecular complexity index is 800. The molecule has 1 aromatic carbocycles. The molecule has 0 bridgehead atoms. The molecule has 0 saturated carbocycles. The lowest BCUT2D eigenvalue weighted by molar-refractivity contribution is -0.264. The van der Waals surface area contributed by atoms with E-state index in [1.54, 1.807) is 30.2 Å². The van der Waals surface area contributed by atoms with Crippen LogP contribution in [0.4, 0.5) is 13.2 Å². The van der Waals surface area contributed by atoms with Crippen molar-refractivity contribution in [2.24, 2.45) is 13.0 Å². The van der Waals surface area contributed by atoms with Crippen LogP contribution in [0.15, 0.2) is 42.7 Å². The van der Waals surface area contributed by atoms with E-state index in [4.69, 9.17) is 0 Å². The van der Waals surface area contributed by atoms with E-state index >= 15 is 0 Å². The zero-order chi connectivity index (χ0) is 19.7. The molecule has 2 aromatic rings. The van der Waals surface area contributed by atoms with Gasteiger partial charge in [0.2, 0.25) is 11.5 Å². The highest BCUT2D eigenvalue weighted by atomic mass is 35.5. The van der Waals surface area contributed by atoms with Gasteiger partial charge in [0.05, 0.1) is 18.7 Å². The summed E-state index contributed by atoms with van der Waals surface area (Å²) in [5, 5.41) is 19.8. The van der Waals surface area contributed by atoms with Crippen molar-refractivity contribution in [1.82, 2.24) is 20.4 Å². The van der Waals surface area contributed by atoms with Gasteiger partial charge in [-0.05, 0) is 11.1 Å². The number of nitrogens with one attached hydrogen (secondary N) is 2. The molecule has 1 aliphatic rings. The molecular formula is C18H22ClF3N4O2. The largest absolute Gasteiger partial charge is 0.423 e. The van der Waals surface area contributed by atoms with Crippen LogP contribution in [0, 0.1) is 5.92 Å². The molecule has 28 heavy (non-hydrogen) atoms. The Morgan fingerprint density at radius 3 is 2.57 bits per heavy atom. The highest BCUT2D eigenvalue weighted by Gasteiger charge is 2.55. The summed E-state index contributed by atoms with van der Waals surface area (Å²) in [6, 6.07) is 6.76. The molecule has 1 aromatic heterocycles. The van der Waals surface area contributed by atoms with Gasteiger partial charge in [0, 0.05) is 32.3 Å². The lowest BCUT2D eigenvalue weighted by atomic mass is 9.89. The topological polar surface area (TPSA) is 79.2 Å². The van der Waals surface area contributed by atoms with Gasteiger partial charge in [0.1, 0.15) is 0 Å². The van der Waals surface area contributed by atoms with Crippen molar-refractivity contribution >= 4 is 18.3 Å². The molecular weight excluding hydrogens is 397 g/mol. The molecule has 3 N–H and O–H groups in total. The highest BCUT2D eigenvalue weighted by molar-refractivity contribution is 5.85. The Morgan fingerprint density at radius 1 is 1.32 bits per heavy atom. The van der Waals surface area contributed by atoms with Crippen molar-refractivity contribution in [2.45, 2.75) is 17.7 Å². The van der Waals surface area contributed by atoms with E-state index in [1.165, 1.54) is 24.3 Å². The number of hydrogen-bond donors (Lipinski definition) is 3. The number of hydrogen-bond acceptors (Lipinski definition) is 4. The van der Waals surface area contributed by atoms with Gasteiger partial charge in [-0.3, -0.25) is 9.48 Å². The number of aromatic nitrogens is 2. The summed E-state index contributed by atoms with van der Waals surface area (Å²) in [5.74, 6) is -1.26. The van der Waals surface area contributed by atoms with Crippen LogP contribution in [-0.4, -0.2) is 46.6 Å². The molecule has 1 saturated heterocycles. The van der Waals surface area contributed by atoms with Crippen molar-refractivity contribution in [3.63, 3.8) is 0 Å². The average molecular weight is 419 g/mol. The van der Waals surface area contributed by atoms with E-state index in [0.29, 0.717) is 13.1 Å². The SMILES string of the molecule is Cl.Cn1cc([C@H]2CNC[C@@H]2C(=O)NCC(O)(c2ccccc2)C(F)(F)F)cn1. The number of carbonyl (C=O) groups excluding carboxylic acids is 1. The third-order valence-corrected chi connectivity index (χ3v) is 4.94. The first-order valence-electron chi connectivity index (χ1n) is 8.54. The van der Waals surface area contributed by atoms with E-state index in [1.807, 2.05) is 0 Å². The smallest absolute Gasteiger partial charge is 0.375 e. The van der Waals surface area contributed by atoms with Crippen LogP contribution >= 0.6 is 12.4 Å². The third-order valence-electron chi connectivity index (χ3n) is 4.94. The molecule has 2 heterocycles. The summed E-state index contributed by atoms with van der Waals surface area (Å²) in [6.45, 7) is -0.0667. The molecule has 1 unspecified atom stereocenters. The lowest BCUT2D eigenvalue weighted by Crippen LogP contribution is -2.52. The molecule has 10 heteroatoms. The second-order valence-corrected chi connectivity index (χ2v) is 6.76. The summed E-state index contributed by atoms with van der Waals surface area (Å²) in [7, 11) is 1.75. The summed E-state index contributed by atoms with van der Waals surface area (Å²) >= 11 is 0. The first-order valence-corrected chi connectivity index (χ1v) is 8.54. The number of halogens is 4. The van der Waals surface area contributed by atoms with E-state index < -0.39 is 30.1 Å². The first kappa shape index (κ1) is 22.2. The van der Waals surface area contributed by atoms with Gasteiger partial charge >= 0.3 is 6.18 Å². The minimum absolute atomic E-state index is 0. The van der Waals surface area contributed by atoms with Crippen LogP contribution in [0.5, 0.6) is 0 Å². The van der Waals surface area contributed by atoms with Crippen LogP contribution in [0.3, 0.4) is 0 Å². The Balaban J connectivity index is 0.00000280. The minimum Gasteiger partial charge on any atom is -0.375 e. The van der Waals surface area contributed by atoms with Crippen molar-refractivity contribution in [3.05, 3.63) is 53.9 Å². The van der Waals surface area contributed by atoms with Crippen molar-refractivity contribution in [3.8, 4) is 0 Å². The number of aryl methyl sites for hydroxylation is 1. The van der Waals surface area contributed by atoms with E-state index in [9.17, 15) is 23.1 Å². The van der Waals surface area contributed by atoms with Gasteiger partial charge in [-0.1, -0.05) is 30.3 Å². The standard InChI is InChI=1S/C18H21F3N4O2.ClH/c1-25-10-12(7-24-25)14-8-22-9-15(14)16(26)23-11-17(27,18(19,20)21)13-5-3-2-4-6-13;/h2-7,10,14-15,22,27H,8-9,11H2,1H3,(H,23,26);1H/t14-,15+,17?;/m1./s1. The van der Waals surface area contributed by atoms with Gasteiger partial charge in [-0.2, -0.15) is 18.3 Å². The first-order chi connectivity index (χ1) is 12.7. The molecule has 0 radical (unpaired) electrons. The summed E-state index contributed by atoms with van der Waals surface area (Å²) in [5.41, 5.74) is -2.62. The van der Waals surface area contributed by atoms with E-state index in [-0.39, 0.29) is 23.9 Å². The molecule has 0 spiro atoms. The van der Waals surface area contributed by atoms with Gasteiger partial charge in [0.15, 0.2) is 0 Å². The van der Waals surface area contributed by atoms with Crippen LogP contribution in [0.1, 0.15) is 17.0 Å². The highest BCUT2D eigenvalue weighted by Crippen LogP contribution is 2.38. The minimum atomic E-state index is -4.93. The normalized spacial score (nSPS) is 21.6. The predicted octanol–water partition coefficient (Wildman–Crippen LogP) is 1.71. The average Bonchev–Trinajstić information content (AvgIpc) is 3.27. The molecule has 0 aliphatic carbocycles. The van der Waals surface area contributed by atoms with Crippen LogP contribution < -0.4 is 10.6 Å². The Morgan fingerprint density at radius 2 is 2.00 bits per heavy atom. The maximum atomic E-state index is 13.5. The number of alkyl halides is 3. The van der Waals surface area contributed by atoms with Crippen molar-refractivity contribution in [2.75, 3.05) is 19.6 Å². The molecule has 3 rings (SSSR count). The summed E-state index contributed by atoms with van der Waals surface area (Å²) in [6.07, 6.45) is -1.50. The number of benzene rings is 1. The predicted molar refractivity (Wildman–Crippen MR) is 99.0 cm³/mol. The number of rotatable bonds is 5. The number of aliphatic hydroxyl groups is 1. The zero-order valence-electron chi connectivity index (χ0n) is 15.1. The zero-order valence-corrected chi connectivity index (χ0v) is 15.9. The fraction of sp³-hybridized carbons (Fsp3) is 0.444. The Labute approximate surface area is 166 Å². The second-order valence-electron chi connectivity index (χ2n) is 6.76. The van der Waals surface area contributed by atoms with Crippen LogP contribution in [0.25, 0.3) is 0 Å². The fourth-order valence-corrected chi connectivity index (χ4v) is 3.36. The monoisotopic (exact) mass is 418 g/mol. The van der Waals surface area contributed by atoms with Gasteiger partial charge < -0.3 is 15.7 Å². The van der Waals surface area contributed by atoms with E-state index in [2.05, 4.69) is 15.7 Å². The van der Waals surface area contributed by atoms with Gasteiger partial charge in [-0.15, -0.1) is 12.4 Å². The quantitative estimate of drug-likeness (QED) is 0.690. The molecule has 1 aliphatic heterocycles. The van der Waals surface area contributed by atoms with E-state index in [0.717, 1.165) is 5.56 Å². The maximum absolute atomic E-state index is 13.5. The number of carbonyl (C=O) groups is 1. The van der Waals surface area contributed by atoms with Gasteiger partial charge in [0.25, 0.3) is 0 Å². The number of nitrogens with zero attached hydrogens (tertiary/aromatic N) is 2. The third kappa shape index (κ3) is 4.31. The van der Waals surface area contributed by atoms with Gasteiger partial charge in [-0.25, -0.2) is 0 Å². The maximum Gasteiger partial charge on any atom is 0.423 e. The lowest BCUT2D eigenvalue weighted by Gasteiger charge is -2.31. The molecule has 6 nitrogen and oxygen atoms in total. The van der Waals surface area contributed by atoms with Crippen molar-refractivity contribution in [1.29, 1.82) is 0 Å². The van der Waals surface area contributed by atoms with Crippen LogP contribution in [0.2, 0.25) is 0 Å². The molecule has 1 amide bonds. The molecule has 154 valence electrons. The number of amides is 1. The Kier molecular flexibility index (Phi) is 6.74. The van der Waals surface area contributed by atoms with Crippen molar-refractivity contribution < 1.29 is 23.1 Å². The summed E-state index contributed by atoms with van der Waals surface area (Å²) < 4.78 is 42.2. The molecule has 3 atom stereocenters. The second kappa shape index (κ2) is 8.50. The van der Waals surface area contributed by atoms with Crippen LogP contribution in [-0.2, 0) is 17.4 Å².